The monoisotopic (exact) mass is 261 g/mol. The molecule has 102 valence electrons. The number of hydrogen-bond acceptors (Lipinski definition) is 3. The first-order chi connectivity index (χ1) is 9.24. The molecule has 0 fully saturated rings. The van der Waals surface area contributed by atoms with Crippen LogP contribution in [0.1, 0.15) is 19.8 Å². The number of aryl methyl sites for hydroxylation is 1. The van der Waals surface area contributed by atoms with Gasteiger partial charge in [-0.3, -0.25) is 10.2 Å². The van der Waals surface area contributed by atoms with Crippen LogP contribution in [0.3, 0.4) is 0 Å². The zero-order valence-electron chi connectivity index (χ0n) is 11.1. The Kier molecular flexibility index (Phi) is 4.41. The number of fused-ring (bicyclic) bond motifs is 1. The highest BCUT2D eigenvalue weighted by atomic mass is 16.5. The summed E-state index contributed by atoms with van der Waals surface area (Å²) in [5.41, 5.74) is 3.23. The van der Waals surface area contributed by atoms with Gasteiger partial charge in [0.15, 0.2) is 0 Å². The van der Waals surface area contributed by atoms with E-state index in [2.05, 4.69) is 12.3 Å². The van der Waals surface area contributed by atoms with Crippen molar-refractivity contribution in [3.8, 4) is 5.75 Å². The highest BCUT2D eigenvalue weighted by Crippen LogP contribution is 2.22. The summed E-state index contributed by atoms with van der Waals surface area (Å²) in [4.78, 5) is 11.1. The van der Waals surface area contributed by atoms with Gasteiger partial charge in [-0.25, -0.2) is 5.84 Å². The van der Waals surface area contributed by atoms with E-state index in [1.54, 1.807) is 0 Å². The van der Waals surface area contributed by atoms with Crippen molar-refractivity contribution < 1.29 is 9.53 Å². The molecule has 3 N–H and O–H groups in total. The van der Waals surface area contributed by atoms with Crippen LogP contribution in [0.2, 0.25) is 0 Å². The largest absolute Gasteiger partial charge is 0.494 e. The predicted molar refractivity (Wildman–Crippen MR) is 74.7 cm³/mol. The van der Waals surface area contributed by atoms with Crippen molar-refractivity contribution in [3.63, 3.8) is 0 Å². The highest BCUT2D eigenvalue weighted by molar-refractivity contribution is 5.82. The van der Waals surface area contributed by atoms with Crippen molar-refractivity contribution in [3.05, 3.63) is 30.5 Å². The maximum Gasteiger partial charge on any atom is 0.235 e. The fourth-order valence-electron chi connectivity index (χ4n) is 1.98. The van der Waals surface area contributed by atoms with Crippen LogP contribution in [0, 0.1) is 0 Å². The number of nitrogens with one attached hydrogen (secondary N) is 1. The van der Waals surface area contributed by atoms with Crippen LogP contribution in [0.4, 0.5) is 0 Å². The summed E-state index contributed by atoms with van der Waals surface area (Å²) in [5, 5.41) is 1.11. The number of carbonyl (C=O) groups is 1. The third-order valence-electron chi connectivity index (χ3n) is 2.96. The number of nitrogens with zero attached hydrogens (tertiary/aromatic N) is 1. The number of carbonyl (C=O) groups excluding carboxylic acids is 1. The van der Waals surface area contributed by atoms with Crippen LogP contribution in [-0.2, 0) is 11.3 Å². The Bertz CT molecular complexity index is 563. The van der Waals surface area contributed by atoms with Gasteiger partial charge in [0.1, 0.15) is 5.75 Å². The molecule has 5 nitrogen and oxygen atoms in total. The number of ether oxygens (including phenoxy) is 1. The Morgan fingerprint density at radius 2 is 2.26 bits per heavy atom. The first-order valence-corrected chi connectivity index (χ1v) is 6.45. The van der Waals surface area contributed by atoms with Crippen molar-refractivity contribution in [2.75, 3.05) is 6.61 Å². The van der Waals surface area contributed by atoms with Gasteiger partial charge in [-0.1, -0.05) is 6.92 Å². The average Bonchev–Trinajstić information content (AvgIpc) is 2.84. The number of aromatic nitrogens is 1. The van der Waals surface area contributed by atoms with Crippen LogP contribution in [0.25, 0.3) is 10.9 Å². The zero-order valence-corrected chi connectivity index (χ0v) is 11.1. The van der Waals surface area contributed by atoms with Crippen molar-refractivity contribution in [2.45, 2.75) is 26.3 Å². The fraction of sp³-hybridized carbons (Fsp3) is 0.357. The molecule has 19 heavy (non-hydrogen) atoms. The molecule has 0 unspecified atom stereocenters. The zero-order chi connectivity index (χ0) is 13.7. The maximum absolute atomic E-state index is 11.1. The number of amides is 1. The summed E-state index contributed by atoms with van der Waals surface area (Å²) in [7, 11) is 0. The van der Waals surface area contributed by atoms with Gasteiger partial charge in [0.2, 0.25) is 5.91 Å². The molecule has 0 aliphatic rings. The minimum Gasteiger partial charge on any atom is -0.494 e. The molecule has 0 bridgehead atoms. The summed E-state index contributed by atoms with van der Waals surface area (Å²) in [6, 6.07) is 8.01. The standard InChI is InChI=1S/C14H19N3O2/c1-2-9-19-12-3-4-13-11(10-12)5-7-17(13)8-6-14(18)16-15/h3-5,7,10H,2,6,8-9,15H2,1H3,(H,16,18). The van der Waals surface area contributed by atoms with Gasteiger partial charge in [-0.05, 0) is 30.7 Å². The summed E-state index contributed by atoms with van der Waals surface area (Å²) in [5.74, 6) is 5.78. The molecule has 1 amide bonds. The van der Waals surface area contributed by atoms with Gasteiger partial charge in [-0.15, -0.1) is 0 Å². The number of nitrogens with two attached hydrogens (primary N) is 1. The van der Waals surface area contributed by atoms with Crippen LogP contribution in [-0.4, -0.2) is 17.1 Å². The molecule has 0 radical (unpaired) electrons. The second kappa shape index (κ2) is 6.24. The second-order valence-electron chi connectivity index (χ2n) is 4.40. The van der Waals surface area contributed by atoms with E-state index in [1.807, 2.05) is 35.0 Å². The summed E-state index contributed by atoms with van der Waals surface area (Å²) in [6.07, 6.45) is 3.33. The predicted octanol–water partition coefficient (Wildman–Crippen LogP) is 1.81. The first-order valence-electron chi connectivity index (χ1n) is 6.45. The Labute approximate surface area is 112 Å². The molecule has 0 aliphatic heterocycles. The smallest absolute Gasteiger partial charge is 0.235 e. The molecule has 1 aromatic heterocycles. The van der Waals surface area contributed by atoms with E-state index in [4.69, 9.17) is 10.6 Å². The Hall–Kier alpha value is -2.01. The molecule has 0 saturated heterocycles. The lowest BCUT2D eigenvalue weighted by atomic mass is 10.2. The molecule has 0 saturated carbocycles. The van der Waals surface area contributed by atoms with E-state index >= 15 is 0 Å². The minimum absolute atomic E-state index is 0.162. The molecule has 2 rings (SSSR count). The van der Waals surface area contributed by atoms with Crippen LogP contribution < -0.4 is 16.0 Å². The molecule has 1 heterocycles. The maximum atomic E-state index is 11.1. The third-order valence-corrected chi connectivity index (χ3v) is 2.96. The van der Waals surface area contributed by atoms with Gasteiger partial charge in [0, 0.05) is 30.1 Å². The fourth-order valence-corrected chi connectivity index (χ4v) is 1.98. The van der Waals surface area contributed by atoms with E-state index in [9.17, 15) is 4.79 Å². The normalized spacial score (nSPS) is 10.6. The van der Waals surface area contributed by atoms with Crippen molar-refractivity contribution in [1.29, 1.82) is 0 Å². The van der Waals surface area contributed by atoms with Crippen molar-refractivity contribution in [1.82, 2.24) is 9.99 Å². The number of hydrogen-bond donors (Lipinski definition) is 2. The van der Waals surface area contributed by atoms with Gasteiger partial charge >= 0.3 is 0 Å². The van der Waals surface area contributed by atoms with E-state index in [0.29, 0.717) is 13.0 Å². The molecule has 0 spiro atoms. The minimum atomic E-state index is -0.162. The highest BCUT2D eigenvalue weighted by Gasteiger charge is 2.05. The lowest BCUT2D eigenvalue weighted by molar-refractivity contribution is -0.121. The topological polar surface area (TPSA) is 69.3 Å². The first kappa shape index (κ1) is 13.4. The quantitative estimate of drug-likeness (QED) is 0.473. The number of benzene rings is 1. The average molecular weight is 261 g/mol. The molecule has 0 aliphatic carbocycles. The SMILES string of the molecule is CCCOc1ccc2c(ccn2CCC(=O)NN)c1. The summed E-state index contributed by atoms with van der Waals surface area (Å²) in [6.45, 7) is 3.42. The van der Waals surface area contributed by atoms with E-state index in [0.717, 1.165) is 29.7 Å². The van der Waals surface area contributed by atoms with Gasteiger partial charge in [-0.2, -0.15) is 0 Å². The molecular formula is C14H19N3O2. The van der Waals surface area contributed by atoms with Gasteiger partial charge in [0.25, 0.3) is 0 Å². The number of hydrazine groups is 1. The van der Waals surface area contributed by atoms with E-state index in [-0.39, 0.29) is 5.91 Å². The van der Waals surface area contributed by atoms with E-state index < -0.39 is 0 Å². The van der Waals surface area contributed by atoms with Crippen molar-refractivity contribution >= 4 is 16.8 Å². The van der Waals surface area contributed by atoms with Gasteiger partial charge in [0.05, 0.1) is 6.61 Å². The summed E-state index contributed by atoms with van der Waals surface area (Å²) >= 11 is 0. The van der Waals surface area contributed by atoms with Crippen molar-refractivity contribution in [2.24, 2.45) is 5.84 Å². The Balaban J connectivity index is 2.12. The molecule has 2 aromatic rings. The van der Waals surface area contributed by atoms with Crippen LogP contribution in [0.15, 0.2) is 30.5 Å². The van der Waals surface area contributed by atoms with Crippen LogP contribution >= 0.6 is 0 Å². The van der Waals surface area contributed by atoms with Gasteiger partial charge < -0.3 is 9.30 Å². The van der Waals surface area contributed by atoms with E-state index in [1.165, 1.54) is 0 Å². The molecule has 1 aromatic carbocycles. The molecular weight excluding hydrogens is 242 g/mol. The summed E-state index contributed by atoms with van der Waals surface area (Å²) < 4.78 is 7.63. The number of rotatable bonds is 6. The van der Waals surface area contributed by atoms with Crippen LogP contribution in [0.5, 0.6) is 5.75 Å². The second-order valence-corrected chi connectivity index (χ2v) is 4.40. The third kappa shape index (κ3) is 3.26. The Morgan fingerprint density at radius 1 is 1.42 bits per heavy atom. The molecule has 5 heteroatoms. The lowest BCUT2D eigenvalue weighted by Crippen LogP contribution is -2.30. The Morgan fingerprint density at radius 3 is 3.00 bits per heavy atom. The molecule has 0 atom stereocenters. The lowest BCUT2D eigenvalue weighted by Gasteiger charge is -2.07.